The van der Waals surface area contributed by atoms with Crippen molar-refractivity contribution < 1.29 is 22.0 Å². The van der Waals surface area contributed by atoms with E-state index in [0.29, 0.717) is 11.3 Å². The quantitative estimate of drug-likeness (QED) is 0.730. The van der Waals surface area contributed by atoms with E-state index < -0.39 is 21.7 Å². The number of rotatable bonds is 5. The Balaban J connectivity index is 1.83. The third-order valence-electron chi connectivity index (χ3n) is 3.39. The van der Waals surface area contributed by atoms with Crippen molar-refractivity contribution in [3.05, 3.63) is 72.2 Å². The van der Waals surface area contributed by atoms with E-state index in [2.05, 4.69) is 4.72 Å². The van der Waals surface area contributed by atoms with Crippen molar-refractivity contribution in [2.24, 2.45) is 5.73 Å². The number of furan rings is 1. The molecule has 128 valence electrons. The molecular weight excluding hydrogens is 347 g/mol. The molecule has 3 N–H and O–H groups in total. The summed E-state index contributed by atoms with van der Waals surface area (Å²) in [4.78, 5) is 11.1. The molecule has 8 heteroatoms. The van der Waals surface area contributed by atoms with E-state index in [1.165, 1.54) is 30.3 Å². The third kappa shape index (κ3) is 3.69. The summed E-state index contributed by atoms with van der Waals surface area (Å²) >= 11 is 0. The molecule has 0 saturated heterocycles. The lowest BCUT2D eigenvalue weighted by atomic mass is 10.2. The van der Waals surface area contributed by atoms with Crippen LogP contribution in [-0.2, 0) is 10.0 Å². The van der Waals surface area contributed by atoms with Gasteiger partial charge >= 0.3 is 0 Å². The van der Waals surface area contributed by atoms with Crippen LogP contribution in [0.1, 0.15) is 10.6 Å². The molecule has 3 aromatic rings. The van der Waals surface area contributed by atoms with Crippen molar-refractivity contribution in [1.82, 2.24) is 0 Å². The maximum absolute atomic E-state index is 12.9. The van der Waals surface area contributed by atoms with Gasteiger partial charge in [0, 0.05) is 11.3 Å². The molecule has 0 fully saturated rings. The van der Waals surface area contributed by atoms with E-state index in [1.54, 1.807) is 18.2 Å². The molecule has 1 heterocycles. The molecule has 0 radical (unpaired) electrons. The lowest BCUT2D eigenvalue weighted by molar-refractivity contribution is 0.0974. The van der Waals surface area contributed by atoms with Gasteiger partial charge in [-0.1, -0.05) is 0 Å². The first-order valence-corrected chi connectivity index (χ1v) is 8.62. The number of nitrogens with two attached hydrogens (primary N) is 1. The molecular formula is C17H13FN2O4S. The second-order valence-corrected chi connectivity index (χ2v) is 6.85. The second-order valence-electron chi connectivity index (χ2n) is 5.16. The van der Waals surface area contributed by atoms with Gasteiger partial charge in [0.2, 0.25) is 0 Å². The largest absolute Gasteiger partial charge is 0.451 e. The van der Waals surface area contributed by atoms with Gasteiger partial charge in [0.05, 0.1) is 4.90 Å². The van der Waals surface area contributed by atoms with Crippen LogP contribution in [0.4, 0.5) is 10.1 Å². The molecule has 6 nitrogen and oxygen atoms in total. The van der Waals surface area contributed by atoms with Crippen molar-refractivity contribution in [3.8, 4) is 11.3 Å². The molecule has 3 rings (SSSR count). The number of anilines is 1. The highest BCUT2D eigenvalue weighted by Crippen LogP contribution is 2.24. The number of hydrogen-bond acceptors (Lipinski definition) is 4. The highest BCUT2D eigenvalue weighted by atomic mass is 32.2. The molecule has 0 saturated carbocycles. The Labute approximate surface area is 143 Å². The van der Waals surface area contributed by atoms with Crippen LogP contribution in [0.15, 0.2) is 70.0 Å². The maximum Gasteiger partial charge on any atom is 0.284 e. The lowest BCUT2D eigenvalue weighted by Gasteiger charge is -2.08. The smallest absolute Gasteiger partial charge is 0.284 e. The lowest BCUT2D eigenvalue weighted by Crippen LogP contribution is -2.12. The van der Waals surface area contributed by atoms with E-state index >= 15 is 0 Å². The minimum Gasteiger partial charge on any atom is -0.451 e. The summed E-state index contributed by atoms with van der Waals surface area (Å²) in [5.41, 5.74) is 5.97. The highest BCUT2D eigenvalue weighted by Gasteiger charge is 2.15. The number of carbonyl (C=O) groups is 1. The molecule has 0 aliphatic rings. The first-order valence-electron chi connectivity index (χ1n) is 7.14. The molecule has 2 aromatic carbocycles. The molecule has 0 aliphatic carbocycles. The number of halogens is 1. The van der Waals surface area contributed by atoms with Crippen molar-refractivity contribution in [2.45, 2.75) is 4.90 Å². The number of primary amides is 1. The van der Waals surface area contributed by atoms with Crippen LogP contribution in [0.3, 0.4) is 0 Å². The summed E-state index contributed by atoms with van der Waals surface area (Å²) in [5, 5.41) is 0. The molecule has 25 heavy (non-hydrogen) atoms. The average molecular weight is 360 g/mol. The van der Waals surface area contributed by atoms with Crippen LogP contribution in [0.5, 0.6) is 0 Å². The fourth-order valence-corrected chi connectivity index (χ4v) is 3.21. The van der Waals surface area contributed by atoms with E-state index in [-0.39, 0.29) is 16.3 Å². The first-order chi connectivity index (χ1) is 11.8. The maximum atomic E-state index is 12.9. The molecule has 1 amide bonds. The van der Waals surface area contributed by atoms with E-state index in [9.17, 15) is 17.6 Å². The third-order valence-corrected chi connectivity index (χ3v) is 4.79. The first kappa shape index (κ1) is 16.7. The Morgan fingerprint density at radius 1 is 0.960 bits per heavy atom. The summed E-state index contributed by atoms with van der Waals surface area (Å²) in [6.07, 6.45) is 0. The number of nitrogens with one attached hydrogen (secondary N) is 1. The van der Waals surface area contributed by atoms with Gasteiger partial charge in [-0.25, -0.2) is 12.8 Å². The van der Waals surface area contributed by atoms with Crippen molar-refractivity contribution >= 4 is 21.6 Å². The monoisotopic (exact) mass is 360 g/mol. The number of benzene rings is 2. The summed E-state index contributed by atoms with van der Waals surface area (Å²) in [6.45, 7) is 0. The van der Waals surface area contributed by atoms with Crippen LogP contribution < -0.4 is 10.5 Å². The SMILES string of the molecule is NC(=O)c1ccc(-c2ccc(S(=O)(=O)Nc3ccc(F)cc3)cc2)o1. The Morgan fingerprint density at radius 2 is 1.60 bits per heavy atom. The van der Waals surface area contributed by atoms with Crippen molar-refractivity contribution in [3.63, 3.8) is 0 Å². The molecule has 0 bridgehead atoms. The highest BCUT2D eigenvalue weighted by molar-refractivity contribution is 7.92. The number of hydrogen-bond donors (Lipinski definition) is 2. The van der Waals surface area contributed by atoms with Gasteiger partial charge in [0.1, 0.15) is 11.6 Å². The Hall–Kier alpha value is -3.13. The zero-order valence-corrected chi connectivity index (χ0v) is 13.6. The fraction of sp³-hybridized carbons (Fsp3) is 0. The summed E-state index contributed by atoms with van der Waals surface area (Å²) in [6, 6.07) is 13.9. The van der Waals surface area contributed by atoms with Gasteiger partial charge in [0.15, 0.2) is 5.76 Å². The predicted molar refractivity (Wildman–Crippen MR) is 89.9 cm³/mol. The Morgan fingerprint density at radius 3 is 2.16 bits per heavy atom. The fourth-order valence-electron chi connectivity index (χ4n) is 2.16. The van der Waals surface area contributed by atoms with Gasteiger partial charge in [-0.2, -0.15) is 0 Å². The Bertz CT molecular complexity index is 1010. The topological polar surface area (TPSA) is 102 Å². The van der Waals surface area contributed by atoms with Gasteiger partial charge in [-0.05, 0) is 60.7 Å². The molecule has 0 spiro atoms. The summed E-state index contributed by atoms with van der Waals surface area (Å²) < 4.78 is 45.2. The van der Waals surface area contributed by atoms with E-state index in [0.717, 1.165) is 12.1 Å². The Kier molecular flexibility index (Phi) is 4.28. The van der Waals surface area contributed by atoms with Crippen LogP contribution in [0.2, 0.25) is 0 Å². The zero-order valence-electron chi connectivity index (χ0n) is 12.8. The normalized spacial score (nSPS) is 11.2. The average Bonchev–Trinajstić information content (AvgIpc) is 3.07. The van der Waals surface area contributed by atoms with E-state index in [1.807, 2.05) is 0 Å². The van der Waals surface area contributed by atoms with Crippen LogP contribution in [0.25, 0.3) is 11.3 Å². The van der Waals surface area contributed by atoms with Gasteiger partial charge in [0.25, 0.3) is 15.9 Å². The molecule has 1 aromatic heterocycles. The molecule has 0 unspecified atom stereocenters. The van der Waals surface area contributed by atoms with Crippen molar-refractivity contribution in [1.29, 1.82) is 0 Å². The molecule has 0 aliphatic heterocycles. The molecule has 0 atom stereocenters. The number of carbonyl (C=O) groups excluding carboxylic acids is 1. The predicted octanol–water partition coefficient (Wildman–Crippen LogP) is 2.99. The van der Waals surface area contributed by atoms with Crippen LogP contribution in [0, 0.1) is 5.82 Å². The van der Waals surface area contributed by atoms with E-state index in [4.69, 9.17) is 10.2 Å². The standard InChI is InChI=1S/C17H13FN2O4S/c18-12-3-5-13(6-4-12)20-25(22,23)14-7-1-11(2-8-14)15-9-10-16(24-15)17(19)21/h1-10,20H,(H2,19,21). The van der Waals surface area contributed by atoms with Crippen molar-refractivity contribution in [2.75, 3.05) is 4.72 Å². The number of amides is 1. The number of sulfonamides is 1. The van der Waals surface area contributed by atoms with Gasteiger partial charge in [-0.3, -0.25) is 9.52 Å². The van der Waals surface area contributed by atoms with Crippen LogP contribution >= 0.6 is 0 Å². The minimum absolute atomic E-state index is 0.0182. The summed E-state index contributed by atoms with van der Waals surface area (Å²) in [5.74, 6) is -0.732. The minimum atomic E-state index is -3.81. The second kappa shape index (κ2) is 6.40. The van der Waals surface area contributed by atoms with Gasteiger partial charge in [-0.15, -0.1) is 0 Å². The zero-order chi connectivity index (χ0) is 18.0. The summed E-state index contributed by atoms with van der Waals surface area (Å²) in [7, 11) is -3.81. The van der Waals surface area contributed by atoms with Crippen LogP contribution in [-0.4, -0.2) is 14.3 Å². The van der Waals surface area contributed by atoms with Gasteiger partial charge < -0.3 is 10.2 Å².